The fourth-order valence-electron chi connectivity index (χ4n) is 1.90. The molecule has 3 nitrogen and oxygen atoms in total. The van der Waals surface area contributed by atoms with Crippen LogP contribution in [0.4, 0.5) is 4.79 Å². The van der Waals surface area contributed by atoms with Crippen LogP contribution in [-0.2, 0) is 6.54 Å². The molecule has 2 rings (SSSR count). The Morgan fingerprint density at radius 1 is 1.23 bits per heavy atom. The maximum atomic E-state index is 12.2. The molecule has 0 saturated carbocycles. The number of amides is 2. The van der Waals surface area contributed by atoms with Gasteiger partial charge in [0.15, 0.2) is 0 Å². The van der Waals surface area contributed by atoms with E-state index in [-0.39, 0.29) is 12.1 Å². The van der Waals surface area contributed by atoms with E-state index in [2.05, 4.69) is 5.32 Å². The van der Waals surface area contributed by atoms with Gasteiger partial charge in [-0.1, -0.05) is 40.9 Å². The third-order valence-electron chi connectivity index (χ3n) is 3.15. The molecule has 0 spiro atoms. The molecular formula is C15H15Cl3N2OS. The maximum Gasteiger partial charge on any atom is 0.317 e. The van der Waals surface area contributed by atoms with Crippen molar-refractivity contribution < 1.29 is 4.79 Å². The number of urea groups is 1. The second-order valence-electron chi connectivity index (χ2n) is 4.91. The van der Waals surface area contributed by atoms with Crippen molar-refractivity contribution >= 4 is 52.2 Å². The maximum absolute atomic E-state index is 12.2. The van der Waals surface area contributed by atoms with Crippen molar-refractivity contribution in [1.82, 2.24) is 10.2 Å². The lowest BCUT2D eigenvalue weighted by Gasteiger charge is -2.21. The van der Waals surface area contributed by atoms with Crippen LogP contribution in [0.1, 0.15) is 23.4 Å². The number of carbonyl (C=O) groups is 1. The number of benzene rings is 1. The number of rotatable bonds is 4. The van der Waals surface area contributed by atoms with Crippen molar-refractivity contribution in [1.29, 1.82) is 0 Å². The first-order valence-electron chi connectivity index (χ1n) is 6.57. The second kappa shape index (κ2) is 7.55. The first-order valence-corrected chi connectivity index (χ1v) is 8.52. The summed E-state index contributed by atoms with van der Waals surface area (Å²) in [5.41, 5.74) is 0.898. The zero-order valence-corrected chi connectivity index (χ0v) is 15.2. The molecular weight excluding hydrogens is 363 g/mol. The van der Waals surface area contributed by atoms with Gasteiger partial charge >= 0.3 is 6.03 Å². The van der Waals surface area contributed by atoms with Crippen molar-refractivity contribution in [2.75, 3.05) is 7.05 Å². The predicted octanol–water partition coefficient (Wildman–Crippen LogP) is 5.61. The van der Waals surface area contributed by atoms with E-state index in [0.29, 0.717) is 20.9 Å². The summed E-state index contributed by atoms with van der Waals surface area (Å²) >= 11 is 19.3. The summed E-state index contributed by atoms with van der Waals surface area (Å²) in [7, 11) is 1.74. The number of nitrogens with zero attached hydrogens (tertiary/aromatic N) is 1. The third-order valence-corrected chi connectivity index (χ3v) is 5.11. The van der Waals surface area contributed by atoms with Crippen LogP contribution in [0.3, 0.4) is 0 Å². The van der Waals surface area contributed by atoms with Gasteiger partial charge < -0.3 is 10.2 Å². The molecule has 1 aromatic carbocycles. The predicted molar refractivity (Wildman–Crippen MR) is 94.2 cm³/mol. The number of hydrogen-bond donors (Lipinski definition) is 1. The normalized spacial score (nSPS) is 12.0. The van der Waals surface area contributed by atoms with Crippen LogP contribution in [-0.4, -0.2) is 18.0 Å². The molecule has 2 amide bonds. The van der Waals surface area contributed by atoms with Crippen LogP contribution in [0.15, 0.2) is 30.3 Å². The van der Waals surface area contributed by atoms with E-state index in [4.69, 9.17) is 34.8 Å². The Morgan fingerprint density at radius 2 is 1.95 bits per heavy atom. The molecule has 0 aliphatic carbocycles. The molecule has 0 bridgehead atoms. The highest BCUT2D eigenvalue weighted by molar-refractivity contribution is 7.16. The van der Waals surface area contributed by atoms with E-state index >= 15 is 0 Å². The lowest BCUT2D eigenvalue weighted by Crippen LogP contribution is -2.38. The molecule has 1 unspecified atom stereocenters. The number of carbonyl (C=O) groups excluding carboxylic acids is 1. The SMILES string of the molecule is CC(NC(=O)N(C)Cc1ccc(Cl)s1)c1ccc(Cl)c(Cl)c1. The van der Waals surface area contributed by atoms with Gasteiger partial charge in [-0.05, 0) is 36.8 Å². The minimum Gasteiger partial charge on any atom is -0.331 e. The fourth-order valence-corrected chi connectivity index (χ4v) is 3.35. The number of hydrogen-bond acceptors (Lipinski definition) is 2. The van der Waals surface area contributed by atoms with Gasteiger partial charge in [0.05, 0.1) is 27.0 Å². The van der Waals surface area contributed by atoms with Crippen molar-refractivity contribution in [3.8, 4) is 0 Å². The molecule has 22 heavy (non-hydrogen) atoms. The third kappa shape index (κ3) is 4.53. The molecule has 0 aliphatic heterocycles. The Kier molecular flexibility index (Phi) is 5.98. The van der Waals surface area contributed by atoms with E-state index in [0.717, 1.165) is 10.4 Å². The van der Waals surface area contributed by atoms with E-state index in [1.165, 1.54) is 11.3 Å². The van der Waals surface area contributed by atoms with Crippen LogP contribution < -0.4 is 5.32 Å². The average molecular weight is 378 g/mol. The van der Waals surface area contributed by atoms with E-state index in [1.54, 1.807) is 24.1 Å². The topological polar surface area (TPSA) is 32.3 Å². The number of nitrogens with one attached hydrogen (secondary N) is 1. The Morgan fingerprint density at radius 3 is 2.55 bits per heavy atom. The van der Waals surface area contributed by atoms with Crippen LogP contribution in [0.2, 0.25) is 14.4 Å². The highest BCUT2D eigenvalue weighted by Gasteiger charge is 2.15. The first-order chi connectivity index (χ1) is 10.4. The molecule has 1 atom stereocenters. The minimum atomic E-state index is -0.170. The Hall–Kier alpha value is -0.940. The minimum absolute atomic E-state index is 0.164. The van der Waals surface area contributed by atoms with Crippen molar-refractivity contribution in [3.63, 3.8) is 0 Å². The lowest BCUT2D eigenvalue weighted by atomic mass is 10.1. The van der Waals surface area contributed by atoms with Gasteiger partial charge in [-0.15, -0.1) is 11.3 Å². The second-order valence-corrected chi connectivity index (χ2v) is 7.52. The van der Waals surface area contributed by atoms with Crippen LogP contribution >= 0.6 is 46.1 Å². The first kappa shape index (κ1) is 17.4. The molecule has 118 valence electrons. The van der Waals surface area contributed by atoms with Gasteiger partial charge in [0, 0.05) is 11.9 Å². The van der Waals surface area contributed by atoms with E-state index in [9.17, 15) is 4.79 Å². The van der Waals surface area contributed by atoms with Crippen molar-refractivity contribution in [3.05, 3.63) is 55.2 Å². The summed E-state index contributed by atoms with van der Waals surface area (Å²) in [6, 6.07) is 8.73. The molecule has 0 radical (unpaired) electrons. The molecule has 1 N–H and O–H groups in total. The van der Waals surface area contributed by atoms with Crippen molar-refractivity contribution in [2.24, 2.45) is 0 Å². The van der Waals surface area contributed by atoms with Gasteiger partial charge in [-0.25, -0.2) is 4.79 Å². The monoisotopic (exact) mass is 376 g/mol. The van der Waals surface area contributed by atoms with Crippen LogP contribution in [0.5, 0.6) is 0 Å². The lowest BCUT2D eigenvalue weighted by molar-refractivity contribution is 0.204. The van der Waals surface area contributed by atoms with Crippen LogP contribution in [0, 0.1) is 0 Å². The summed E-state index contributed by atoms with van der Waals surface area (Å²) < 4.78 is 0.716. The smallest absolute Gasteiger partial charge is 0.317 e. The molecule has 1 heterocycles. The van der Waals surface area contributed by atoms with E-state index in [1.807, 2.05) is 25.1 Å². The van der Waals surface area contributed by atoms with Gasteiger partial charge in [-0.3, -0.25) is 0 Å². The highest BCUT2D eigenvalue weighted by Crippen LogP contribution is 2.26. The number of thiophene rings is 1. The quantitative estimate of drug-likeness (QED) is 0.737. The summed E-state index contributed by atoms with van der Waals surface area (Å²) in [5, 5.41) is 3.90. The summed E-state index contributed by atoms with van der Waals surface area (Å²) in [6.07, 6.45) is 0. The van der Waals surface area contributed by atoms with Crippen molar-refractivity contribution in [2.45, 2.75) is 19.5 Å². The Balaban J connectivity index is 1.96. The molecule has 7 heteroatoms. The fraction of sp³-hybridized carbons (Fsp3) is 0.267. The van der Waals surface area contributed by atoms with Gasteiger partial charge in [0.25, 0.3) is 0 Å². The summed E-state index contributed by atoms with van der Waals surface area (Å²) in [6.45, 7) is 2.41. The van der Waals surface area contributed by atoms with Crippen LogP contribution in [0.25, 0.3) is 0 Å². The van der Waals surface area contributed by atoms with Gasteiger partial charge in [0.1, 0.15) is 0 Å². The highest BCUT2D eigenvalue weighted by atomic mass is 35.5. The standard InChI is InChI=1S/C15H15Cl3N2OS/c1-9(10-3-5-12(16)13(17)7-10)19-15(21)20(2)8-11-4-6-14(18)22-11/h3-7,9H,8H2,1-2H3,(H,19,21). The van der Waals surface area contributed by atoms with Gasteiger partial charge in [0.2, 0.25) is 0 Å². The molecule has 0 aliphatic rings. The zero-order chi connectivity index (χ0) is 16.3. The van der Waals surface area contributed by atoms with E-state index < -0.39 is 0 Å². The average Bonchev–Trinajstić information content (AvgIpc) is 2.86. The number of halogens is 3. The molecule has 0 saturated heterocycles. The molecule has 2 aromatic rings. The molecule has 1 aromatic heterocycles. The largest absolute Gasteiger partial charge is 0.331 e. The summed E-state index contributed by atoms with van der Waals surface area (Å²) in [4.78, 5) is 14.9. The van der Waals surface area contributed by atoms with Gasteiger partial charge in [-0.2, -0.15) is 0 Å². The Bertz CT molecular complexity index is 675. The summed E-state index contributed by atoms with van der Waals surface area (Å²) in [5.74, 6) is 0. The zero-order valence-electron chi connectivity index (χ0n) is 12.1. The Labute approximate surface area is 148 Å². The molecule has 0 fully saturated rings.